The Morgan fingerprint density at radius 1 is 1.06 bits per heavy atom. The highest BCUT2D eigenvalue weighted by atomic mass is 16.6. The van der Waals surface area contributed by atoms with E-state index in [1.807, 2.05) is 12.1 Å². The van der Waals surface area contributed by atoms with Crippen molar-refractivity contribution in [2.75, 3.05) is 26.1 Å². The summed E-state index contributed by atoms with van der Waals surface area (Å²) in [7, 11) is 3.11. The molecule has 2 atom stereocenters. The predicted octanol–water partition coefficient (Wildman–Crippen LogP) is 4.40. The molecular formula is C27H25N3O6. The molecule has 0 fully saturated rings. The summed E-state index contributed by atoms with van der Waals surface area (Å²) in [6, 6.07) is 14.9. The van der Waals surface area contributed by atoms with Crippen LogP contribution in [0, 0.1) is 17.0 Å². The van der Waals surface area contributed by atoms with Crippen LogP contribution in [0.5, 0.6) is 11.5 Å². The fraction of sp³-hybridized carbons (Fsp3) is 0.259. The first-order valence-electron chi connectivity index (χ1n) is 11.5. The molecule has 0 bridgehead atoms. The van der Waals surface area contributed by atoms with E-state index in [0.29, 0.717) is 46.8 Å². The highest BCUT2D eigenvalue weighted by Gasteiger charge is 2.46. The number of methoxy groups -OCH3 is 2. The van der Waals surface area contributed by atoms with Crippen LogP contribution in [-0.2, 0) is 11.2 Å². The van der Waals surface area contributed by atoms with E-state index in [9.17, 15) is 19.7 Å². The molecule has 2 heterocycles. The molecule has 9 heteroatoms. The molecule has 0 radical (unpaired) electrons. The average Bonchev–Trinajstić information content (AvgIpc) is 2.88. The highest BCUT2D eigenvalue weighted by Crippen LogP contribution is 2.48. The molecule has 1 N–H and O–H groups in total. The fourth-order valence-corrected chi connectivity index (χ4v) is 5.30. The third kappa shape index (κ3) is 3.64. The van der Waals surface area contributed by atoms with Crippen LogP contribution in [-0.4, -0.2) is 42.4 Å². The zero-order chi connectivity index (χ0) is 25.6. The molecule has 0 aliphatic carbocycles. The van der Waals surface area contributed by atoms with Gasteiger partial charge in [-0.2, -0.15) is 0 Å². The minimum Gasteiger partial charge on any atom is -0.493 e. The summed E-state index contributed by atoms with van der Waals surface area (Å²) < 4.78 is 11.0. The molecule has 9 nitrogen and oxygen atoms in total. The Bertz CT molecular complexity index is 1400. The molecule has 0 saturated carbocycles. The largest absolute Gasteiger partial charge is 0.493 e. The van der Waals surface area contributed by atoms with Gasteiger partial charge in [0.15, 0.2) is 11.5 Å². The fourth-order valence-electron chi connectivity index (χ4n) is 5.30. The number of nitro benzene ring substituents is 1. The summed E-state index contributed by atoms with van der Waals surface area (Å²) >= 11 is 0. The predicted molar refractivity (Wildman–Crippen MR) is 133 cm³/mol. The van der Waals surface area contributed by atoms with Crippen LogP contribution in [0.3, 0.4) is 0 Å². The number of nitrogens with zero attached hydrogens (tertiary/aromatic N) is 2. The average molecular weight is 488 g/mol. The number of carbonyl (C=O) groups excluding carboxylic acids is 2. The first-order valence-corrected chi connectivity index (χ1v) is 11.5. The van der Waals surface area contributed by atoms with Crippen LogP contribution in [0.2, 0.25) is 0 Å². The van der Waals surface area contributed by atoms with Crippen LogP contribution in [0.25, 0.3) is 0 Å². The number of hydrogen-bond donors (Lipinski definition) is 1. The van der Waals surface area contributed by atoms with Gasteiger partial charge in [-0.25, -0.2) is 0 Å². The van der Waals surface area contributed by atoms with Gasteiger partial charge >= 0.3 is 0 Å². The van der Waals surface area contributed by atoms with Gasteiger partial charge in [-0.3, -0.25) is 19.7 Å². The summed E-state index contributed by atoms with van der Waals surface area (Å²) in [5.41, 5.74) is 3.54. The van der Waals surface area contributed by atoms with E-state index in [2.05, 4.69) is 5.32 Å². The Morgan fingerprint density at radius 2 is 1.78 bits per heavy atom. The summed E-state index contributed by atoms with van der Waals surface area (Å²) in [6.45, 7) is 2.05. The van der Waals surface area contributed by atoms with E-state index in [1.165, 1.54) is 6.07 Å². The lowest BCUT2D eigenvalue weighted by Gasteiger charge is -2.45. The van der Waals surface area contributed by atoms with Gasteiger partial charge in [0.25, 0.3) is 11.6 Å². The minimum atomic E-state index is -0.741. The Balaban J connectivity index is 1.65. The lowest BCUT2D eigenvalue weighted by Crippen LogP contribution is -2.49. The molecule has 2 amide bonds. The zero-order valence-corrected chi connectivity index (χ0v) is 20.1. The van der Waals surface area contributed by atoms with Crippen molar-refractivity contribution < 1.29 is 24.0 Å². The Hall–Kier alpha value is -4.40. The van der Waals surface area contributed by atoms with E-state index in [0.717, 1.165) is 11.1 Å². The lowest BCUT2D eigenvalue weighted by atomic mass is 9.75. The number of benzene rings is 3. The van der Waals surface area contributed by atoms with Crippen LogP contribution < -0.4 is 14.8 Å². The lowest BCUT2D eigenvalue weighted by molar-refractivity contribution is -0.385. The van der Waals surface area contributed by atoms with Gasteiger partial charge in [0.1, 0.15) is 0 Å². The Morgan fingerprint density at radius 3 is 2.50 bits per heavy atom. The molecule has 0 aromatic heterocycles. The molecule has 0 unspecified atom stereocenters. The van der Waals surface area contributed by atoms with Crippen molar-refractivity contribution in [2.24, 2.45) is 0 Å². The molecule has 0 spiro atoms. The second-order valence-corrected chi connectivity index (χ2v) is 8.86. The molecule has 3 aromatic rings. The Kier molecular flexibility index (Phi) is 5.83. The normalized spacial score (nSPS) is 18.0. The molecule has 184 valence electrons. The summed E-state index contributed by atoms with van der Waals surface area (Å²) in [6.07, 6.45) is 0.610. The number of anilines is 1. The third-order valence-corrected chi connectivity index (χ3v) is 7.07. The second kappa shape index (κ2) is 8.99. The number of amides is 2. The molecule has 3 aromatic carbocycles. The van der Waals surface area contributed by atoms with Crippen LogP contribution >= 0.6 is 0 Å². The van der Waals surface area contributed by atoms with E-state index < -0.39 is 16.9 Å². The van der Waals surface area contributed by atoms with E-state index in [1.54, 1.807) is 62.4 Å². The maximum absolute atomic E-state index is 13.9. The topological polar surface area (TPSA) is 111 Å². The monoisotopic (exact) mass is 487 g/mol. The van der Waals surface area contributed by atoms with Crippen molar-refractivity contribution in [2.45, 2.75) is 25.3 Å². The molecule has 2 aliphatic heterocycles. The van der Waals surface area contributed by atoms with E-state index in [-0.39, 0.29) is 17.5 Å². The van der Waals surface area contributed by atoms with Crippen LogP contribution in [0.15, 0.2) is 54.6 Å². The third-order valence-electron chi connectivity index (χ3n) is 7.07. The van der Waals surface area contributed by atoms with E-state index in [4.69, 9.17) is 9.47 Å². The van der Waals surface area contributed by atoms with Gasteiger partial charge < -0.3 is 19.7 Å². The quantitative estimate of drug-likeness (QED) is 0.422. The number of nitro groups is 1. The summed E-state index contributed by atoms with van der Waals surface area (Å²) in [4.78, 5) is 40.1. The first-order chi connectivity index (χ1) is 17.3. The number of carbonyl (C=O) groups is 2. The van der Waals surface area contributed by atoms with E-state index >= 15 is 0 Å². The zero-order valence-electron chi connectivity index (χ0n) is 20.1. The smallest absolute Gasteiger partial charge is 0.274 e. The number of fused-ring (bicyclic) bond motifs is 4. The highest BCUT2D eigenvalue weighted by molar-refractivity contribution is 6.05. The number of ether oxygens (including phenoxy) is 2. The SMILES string of the molecule is COc1cc2c(cc1OC)[C@H]1[C@@H](C(=O)Nc3cccc([N+](=O)[O-])c3C)c3ccccc3C(=O)N1CC2. The summed E-state index contributed by atoms with van der Waals surface area (Å²) in [5, 5.41) is 14.3. The van der Waals surface area contributed by atoms with Gasteiger partial charge in [-0.05, 0) is 54.3 Å². The minimum absolute atomic E-state index is 0.0755. The van der Waals surface area contributed by atoms with Crippen LogP contribution in [0.4, 0.5) is 11.4 Å². The maximum atomic E-state index is 13.9. The number of nitrogens with one attached hydrogen (secondary N) is 1. The second-order valence-electron chi connectivity index (χ2n) is 8.86. The number of rotatable bonds is 5. The van der Waals surface area contributed by atoms with Gasteiger partial charge in [0.2, 0.25) is 5.91 Å². The molecular weight excluding hydrogens is 462 g/mol. The molecule has 36 heavy (non-hydrogen) atoms. The van der Waals surface area contributed by atoms with Gasteiger partial charge in [-0.1, -0.05) is 24.3 Å². The van der Waals surface area contributed by atoms with Crippen LogP contribution in [0.1, 0.15) is 44.6 Å². The van der Waals surface area contributed by atoms with Crippen molar-refractivity contribution in [1.29, 1.82) is 0 Å². The standard InChI is InChI=1S/C27H25N3O6/c1-15-20(9-6-10-21(15)30(33)34)28-26(31)24-17-7-4-5-8-18(17)27(32)29-12-11-16-13-22(35-2)23(36-3)14-19(16)25(24)29/h4-10,13-14,24-25H,11-12H2,1-3H3,(H,28,31)/t24-,25-/m0/s1. The van der Waals surface area contributed by atoms with Crippen molar-refractivity contribution in [1.82, 2.24) is 4.90 Å². The maximum Gasteiger partial charge on any atom is 0.274 e. The van der Waals surface area contributed by atoms with Crippen molar-refractivity contribution in [3.63, 3.8) is 0 Å². The number of hydrogen-bond acceptors (Lipinski definition) is 6. The van der Waals surface area contributed by atoms with Gasteiger partial charge in [0, 0.05) is 18.2 Å². The molecule has 2 aliphatic rings. The summed E-state index contributed by atoms with van der Waals surface area (Å²) in [5.74, 6) is -0.129. The van der Waals surface area contributed by atoms with Crippen molar-refractivity contribution >= 4 is 23.2 Å². The molecule has 0 saturated heterocycles. The first kappa shape index (κ1) is 23.3. The van der Waals surface area contributed by atoms with Crippen molar-refractivity contribution in [3.8, 4) is 11.5 Å². The van der Waals surface area contributed by atoms with Crippen molar-refractivity contribution in [3.05, 3.63) is 92.5 Å². The Labute approximate surface area is 207 Å². The molecule has 5 rings (SSSR count). The van der Waals surface area contributed by atoms with Gasteiger partial charge in [-0.15, -0.1) is 0 Å². The van der Waals surface area contributed by atoms with Gasteiger partial charge in [0.05, 0.1) is 42.4 Å².